The molecular weight excluding hydrogens is 249 g/mol. The highest BCUT2D eigenvalue weighted by atomic mass is 19.4. The van der Waals surface area contributed by atoms with Gasteiger partial charge in [0, 0.05) is 25.8 Å². The monoisotopic (exact) mass is 266 g/mol. The van der Waals surface area contributed by atoms with E-state index >= 15 is 0 Å². The van der Waals surface area contributed by atoms with Crippen LogP contribution in [0.2, 0.25) is 0 Å². The number of aromatic nitrogens is 3. The number of rotatable bonds is 8. The third-order valence-electron chi connectivity index (χ3n) is 2.16. The van der Waals surface area contributed by atoms with Crippen LogP contribution in [0, 0.1) is 0 Å². The molecule has 0 aliphatic carbocycles. The summed E-state index contributed by atoms with van der Waals surface area (Å²) in [5.74, 6) is 0. The molecule has 0 atom stereocenters. The first-order valence-electron chi connectivity index (χ1n) is 5.69. The van der Waals surface area contributed by atoms with Gasteiger partial charge < -0.3 is 10.1 Å². The van der Waals surface area contributed by atoms with Gasteiger partial charge in [0.15, 0.2) is 0 Å². The Bertz CT molecular complexity index is 340. The van der Waals surface area contributed by atoms with E-state index in [1.54, 1.807) is 10.9 Å². The van der Waals surface area contributed by atoms with E-state index in [-0.39, 0.29) is 13.0 Å². The molecule has 1 aromatic rings. The van der Waals surface area contributed by atoms with Gasteiger partial charge >= 0.3 is 6.18 Å². The summed E-state index contributed by atoms with van der Waals surface area (Å²) < 4.78 is 42.2. The van der Waals surface area contributed by atoms with Gasteiger partial charge in [-0.1, -0.05) is 5.21 Å². The Balaban J connectivity index is 2.07. The van der Waals surface area contributed by atoms with Crippen LogP contribution in [0.4, 0.5) is 13.2 Å². The Labute approximate surface area is 103 Å². The van der Waals surface area contributed by atoms with Crippen molar-refractivity contribution in [2.24, 2.45) is 0 Å². The predicted molar refractivity (Wildman–Crippen MR) is 58.9 cm³/mol. The van der Waals surface area contributed by atoms with Crippen LogP contribution in [0.5, 0.6) is 0 Å². The fourth-order valence-corrected chi connectivity index (χ4v) is 1.34. The molecule has 1 rings (SSSR count). The highest BCUT2D eigenvalue weighted by Gasteiger charge is 2.25. The lowest BCUT2D eigenvalue weighted by molar-refractivity contribution is -0.137. The first-order valence-corrected chi connectivity index (χ1v) is 5.69. The van der Waals surface area contributed by atoms with Gasteiger partial charge in [0.25, 0.3) is 0 Å². The smallest absolute Gasteiger partial charge is 0.380 e. The Morgan fingerprint density at radius 1 is 1.39 bits per heavy atom. The van der Waals surface area contributed by atoms with E-state index in [2.05, 4.69) is 15.6 Å². The molecule has 0 spiro atoms. The molecule has 0 bridgehead atoms. The third-order valence-corrected chi connectivity index (χ3v) is 2.16. The van der Waals surface area contributed by atoms with Crippen molar-refractivity contribution in [3.63, 3.8) is 0 Å². The van der Waals surface area contributed by atoms with Crippen LogP contribution in [0.25, 0.3) is 0 Å². The zero-order valence-electron chi connectivity index (χ0n) is 10.2. The van der Waals surface area contributed by atoms with Crippen molar-refractivity contribution in [1.29, 1.82) is 0 Å². The fraction of sp³-hybridized carbons (Fsp3) is 0.800. The van der Waals surface area contributed by atoms with Gasteiger partial charge in [-0.2, -0.15) is 13.2 Å². The lowest BCUT2D eigenvalue weighted by Crippen LogP contribution is -2.11. The van der Waals surface area contributed by atoms with Crippen LogP contribution in [0.1, 0.15) is 18.5 Å². The molecular formula is C10H17F3N4O. The summed E-state index contributed by atoms with van der Waals surface area (Å²) >= 11 is 0. The second-order valence-electron chi connectivity index (χ2n) is 3.83. The largest absolute Gasteiger partial charge is 0.389 e. The Morgan fingerprint density at radius 2 is 2.17 bits per heavy atom. The summed E-state index contributed by atoms with van der Waals surface area (Å²) in [6, 6.07) is 0. The molecule has 0 radical (unpaired) electrons. The van der Waals surface area contributed by atoms with Crippen LogP contribution in [-0.4, -0.2) is 41.4 Å². The SMILES string of the molecule is CNCc1cn(CCOCCCC(F)(F)F)nn1. The van der Waals surface area contributed by atoms with Crippen LogP contribution >= 0.6 is 0 Å². The fourth-order valence-electron chi connectivity index (χ4n) is 1.34. The molecule has 8 heteroatoms. The number of nitrogens with one attached hydrogen (secondary N) is 1. The molecule has 104 valence electrons. The molecule has 5 nitrogen and oxygen atoms in total. The van der Waals surface area contributed by atoms with Gasteiger partial charge in [0.1, 0.15) is 0 Å². The normalized spacial score (nSPS) is 12.0. The van der Waals surface area contributed by atoms with E-state index in [4.69, 9.17) is 4.74 Å². The van der Waals surface area contributed by atoms with Gasteiger partial charge in [-0.15, -0.1) is 5.10 Å². The first kappa shape index (κ1) is 14.9. The summed E-state index contributed by atoms with van der Waals surface area (Å²) in [4.78, 5) is 0. The van der Waals surface area contributed by atoms with Crippen LogP contribution in [0.15, 0.2) is 6.20 Å². The van der Waals surface area contributed by atoms with Crippen molar-refractivity contribution < 1.29 is 17.9 Å². The minimum absolute atomic E-state index is 0.00807. The molecule has 1 aromatic heterocycles. The van der Waals surface area contributed by atoms with E-state index in [0.29, 0.717) is 19.7 Å². The number of ether oxygens (including phenoxy) is 1. The second kappa shape index (κ2) is 7.32. The molecule has 0 aromatic carbocycles. The second-order valence-corrected chi connectivity index (χ2v) is 3.83. The van der Waals surface area contributed by atoms with E-state index in [1.807, 2.05) is 7.05 Å². The zero-order valence-corrected chi connectivity index (χ0v) is 10.2. The minimum Gasteiger partial charge on any atom is -0.380 e. The maximum Gasteiger partial charge on any atom is 0.389 e. The van der Waals surface area contributed by atoms with Crippen molar-refractivity contribution in [3.8, 4) is 0 Å². The van der Waals surface area contributed by atoms with Crippen LogP contribution in [0.3, 0.4) is 0 Å². The summed E-state index contributed by atoms with van der Waals surface area (Å²) in [5, 5.41) is 10.7. The van der Waals surface area contributed by atoms with Gasteiger partial charge in [-0.25, -0.2) is 4.68 Å². The number of hydrogen-bond donors (Lipinski definition) is 1. The number of hydrogen-bond acceptors (Lipinski definition) is 4. The van der Waals surface area contributed by atoms with Crippen molar-refractivity contribution in [2.45, 2.75) is 32.1 Å². The summed E-state index contributed by atoms with van der Waals surface area (Å²) in [7, 11) is 1.81. The van der Waals surface area contributed by atoms with E-state index in [9.17, 15) is 13.2 Å². The summed E-state index contributed by atoms with van der Waals surface area (Å²) in [6.07, 6.45) is -3.14. The van der Waals surface area contributed by atoms with Gasteiger partial charge in [-0.05, 0) is 13.5 Å². The zero-order chi connectivity index (χ0) is 13.4. The van der Waals surface area contributed by atoms with Crippen molar-refractivity contribution in [1.82, 2.24) is 20.3 Å². The highest BCUT2D eigenvalue weighted by Crippen LogP contribution is 2.20. The maximum absolute atomic E-state index is 11.8. The molecule has 0 fully saturated rings. The summed E-state index contributed by atoms with van der Waals surface area (Å²) in [5.41, 5.74) is 0.814. The molecule has 0 aliphatic heterocycles. The van der Waals surface area contributed by atoms with Gasteiger partial charge in [0.05, 0.1) is 18.8 Å². The molecule has 0 amide bonds. The molecule has 1 N–H and O–H groups in total. The van der Waals surface area contributed by atoms with Crippen LogP contribution in [-0.2, 0) is 17.8 Å². The topological polar surface area (TPSA) is 52.0 Å². The van der Waals surface area contributed by atoms with Crippen molar-refractivity contribution in [2.75, 3.05) is 20.3 Å². The lowest BCUT2D eigenvalue weighted by Gasteiger charge is -2.06. The molecule has 18 heavy (non-hydrogen) atoms. The minimum atomic E-state index is -4.10. The van der Waals surface area contributed by atoms with Gasteiger partial charge in [-0.3, -0.25) is 0 Å². The molecule has 0 saturated heterocycles. The quantitative estimate of drug-likeness (QED) is 0.722. The average molecular weight is 266 g/mol. The summed E-state index contributed by atoms with van der Waals surface area (Å²) in [6.45, 7) is 1.56. The van der Waals surface area contributed by atoms with E-state index < -0.39 is 12.6 Å². The molecule has 0 aliphatic rings. The number of halogens is 3. The average Bonchev–Trinajstić information content (AvgIpc) is 2.70. The molecule has 1 heterocycles. The number of alkyl halides is 3. The van der Waals surface area contributed by atoms with Crippen molar-refractivity contribution >= 4 is 0 Å². The first-order chi connectivity index (χ1) is 8.51. The Morgan fingerprint density at radius 3 is 2.83 bits per heavy atom. The maximum atomic E-state index is 11.8. The van der Waals surface area contributed by atoms with Gasteiger partial charge in [0.2, 0.25) is 0 Å². The molecule has 0 saturated carbocycles. The van der Waals surface area contributed by atoms with E-state index in [1.165, 1.54) is 0 Å². The van der Waals surface area contributed by atoms with Crippen molar-refractivity contribution in [3.05, 3.63) is 11.9 Å². The Hall–Kier alpha value is -1.15. The predicted octanol–water partition coefficient (Wildman–Crippen LogP) is 1.36. The lowest BCUT2D eigenvalue weighted by atomic mass is 10.3. The third kappa shape index (κ3) is 6.55. The number of nitrogens with zero attached hydrogens (tertiary/aromatic N) is 3. The van der Waals surface area contributed by atoms with E-state index in [0.717, 1.165) is 5.69 Å². The molecule has 0 unspecified atom stereocenters. The Kier molecular flexibility index (Phi) is 6.06. The standard InChI is InChI=1S/C10H17F3N4O/c1-14-7-9-8-17(16-15-9)4-6-18-5-2-3-10(11,12)13/h8,14H,2-7H2,1H3. The highest BCUT2D eigenvalue weighted by molar-refractivity contribution is 4.90. The van der Waals surface area contributed by atoms with Crippen LogP contribution < -0.4 is 5.32 Å².